The molecule has 3 heteroatoms. The number of allylic oxidation sites excluding steroid dienone is 1. The lowest BCUT2D eigenvalue weighted by molar-refractivity contribution is -0.139. The highest BCUT2D eigenvalue weighted by atomic mass is 16.5. The molecule has 90 valence electrons. The van der Waals surface area contributed by atoms with Gasteiger partial charge in [0.15, 0.2) is 5.78 Å². The summed E-state index contributed by atoms with van der Waals surface area (Å²) in [4.78, 5) is 22.1. The number of ether oxygens (including phenoxy) is 1. The van der Waals surface area contributed by atoms with Gasteiger partial charge in [-0.05, 0) is 6.42 Å². The Hall–Kier alpha value is -1.90. The van der Waals surface area contributed by atoms with Gasteiger partial charge in [-0.15, -0.1) is 0 Å². The zero-order valence-electron chi connectivity index (χ0n) is 9.89. The maximum absolute atomic E-state index is 11.7. The standard InChI is InChI=1S/C14H16O3/c1-12(15)17-11-7-3-6-10-14(16)13-8-4-2-5-9-13/h2-5,7-9H,6,10-11H2,1H3/b7-3-. The fourth-order valence-corrected chi connectivity index (χ4v) is 1.33. The molecule has 17 heavy (non-hydrogen) atoms. The zero-order valence-corrected chi connectivity index (χ0v) is 9.89. The summed E-state index contributed by atoms with van der Waals surface area (Å²) in [5.41, 5.74) is 0.737. The Morgan fingerprint density at radius 2 is 1.88 bits per heavy atom. The van der Waals surface area contributed by atoms with E-state index < -0.39 is 0 Å². The molecule has 0 saturated heterocycles. The maximum atomic E-state index is 11.7. The summed E-state index contributed by atoms with van der Waals surface area (Å²) < 4.78 is 4.72. The van der Waals surface area contributed by atoms with Crippen molar-refractivity contribution in [3.63, 3.8) is 0 Å². The van der Waals surface area contributed by atoms with Crippen LogP contribution in [0.2, 0.25) is 0 Å². The van der Waals surface area contributed by atoms with Crippen molar-refractivity contribution >= 4 is 11.8 Å². The average molecular weight is 232 g/mol. The van der Waals surface area contributed by atoms with E-state index in [9.17, 15) is 9.59 Å². The summed E-state index contributed by atoms with van der Waals surface area (Å²) in [6.45, 7) is 1.64. The Labute approximate surface area is 101 Å². The third kappa shape index (κ3) is 5.66. The van der Waals surface area contributed by atoms with Gasteiger partial charge in [-0.1, -0.05) is 42.5 Å². The Balaban J connectivity index is 2.23. The monoisotopic (exact) mass is 232 g/mol. The number of benzene rings is 1. The van der Waals surface area contributed by atoms with Crippen molar-refractivity contribution in [2.45, 2.75) is 19.8 Å². The van der Waals surface area contributed by atoms with Crippen LogP contribution in [0.25, 0.3) is 0 Å². The Bertz CT molecular complexity index is 393. The van der Waals surface area contributed by atoms with Crippen molar-refractivity contribution in [1.82, 2.24) is 0 Å². The summed E-state index contributed by atoms with van der Waals surface area (Å²) in [5, 5.41) is 0. The molecule has 0 atom stereocenters. The first-order chi connectivity index (χ1) is 8.20. The first kappa shape index (κ1) is 13.2. The van der Waals surface area contributed by atoms with E-state index in [2.05, 4.69) is 0 Å². The zero-order chi connectivity index (χ0) is 12.5. The van der Waals surface area contributed by atoms with Crippen LogP contribution in [0.3, 0.4) is 0 Å². The molecule has 0 spiro atoms. The molecular weight excluding hydrogens is 216 g/mol. The number of ketones is 1. The van der Waals surface area contributed by atoms with Crippen molar-refractivity contribution in [1.29, 1.82) is 0 Å². The maximum Gasteiger partial charge on any atom is 0.302 e. The van der Waals surface area contributed by atoms with Gasteiger partial charge in [0.05, 0.1) is 0 Å². The summed E-state index contributed by atoms with van der Waals surface area (Å²) >= 11 is 0. The number of carbonyl (C=O) groups is 2. The lowest BCUT2D eigenvalue weighted by Crippen LogP contribution is -1.98. The number of hydrogen-bond donors (Lipinski definition) is 0. The molecule has 0 amide bonds. The molecule has 1 rings (SSSR count). The highest BCUT2D eigenvalue weighted by Gasteiger charge is 2.02. The minimum Gasteiger partial charge on any atom is -0.462 e. The second-order valence-electron chi connectivity index (χ2n) is 3.60. The molecule has 0 fully saturated rings. The third-order valence-corrected chi connectivity index (χ3v) is 2.18. The van der Waals surface area contributed by atoms with E-state index in [1.165, 1.54) is 6.92 Å². The van der Waals surface area contributed by atoms with E-state index in [0.29, 0.717) is 12.8 Å². The van der Waals surface area contributed by atoms with E-state index in [1.54, 1.807) is 6.08 Å². The molecule has 1 aromatic rings. The van der Waals surface area contributed by atoms with Gasteiger partial charge in [-0.25, -0.2) is 0 Å². The second kappa shape index (κ2) is 7.39. The lowest BCUT2D eigenvalue weighted by atomic mass is 10.1. The van der Waals surface area contributed by atoms with E-state index in [4.69, 9.17) is 4.74 Å². The van der Waals surface area contributed by atoms with E-state index in [0.717, 1.165) is 5.56 Å². The van der Waals surface area contributed by atoms with E-state index in [-0.39, 0.29) is 18.4 Å². The molecule has 0 saturated carbocycles. The summed E-state index contributed by atoms with van der Waals surface area (Å²) in [6, 6.07) is 9.21. The SMILES string of the molecule is CC(=O)OC/C=C\CCC(=O)c1ccccc1. The first-order valence-electron chi connectivity index (χ1n) is 5.57. The van der Waals surface area contributed by atoms with Crippen LogP contribution in [0.4, 0.5) is 0 Å². The minimum absolute atomic E-state index is 0.128. The van der Waals surface area contributed by atoms with Gasteiger partial charge in [0, 0.05) is 18.9 Å². The third-order valence-electron chi connectivity index (χ3n) is 2.18. The number of carbonyl (C=O) groups excluding carboxylic acids is 2. The van der Waals surface area contributed by atoms with Crippen molar-refractivity contribution in [2.24, 2.45) is 0 Å². The highest BCUT2D eigenvalue weighted by Crippen LogP contribution is 2.05. The fraction of sp³-hybridized carbons (Fsp3) is 0.286. The highest BCUT2D eigenvalue weighted by molar-refractivity contribution is 5.96. The van der Waals surface area contributed by atoms with Gasteiger partial charge in [-0.3, -0.25) is 9.59 Å². The van der Waals surface area contributed by atoms with Crippen LogP contribution in [0, 0.1) is 0 Å². The quantitative estimate of drug-likeness (QED) is 0.430. The Morgan fingerprint density at radius 3 is 2.53 bits per heavy atom. The largest absolute Gasteiger partial charge is 0.462 e. The predicted molar refractivity (Wildman–Crippen MR) is 65.8 cm³/mol. The van der Waals surface area contributed by atoms with Gasteiger partial charge in [0.2, 0.25) is 0 Å². The van der Waals surface area contributed by atoms with Gasteiger partial charge in [0.25, 0.3) is 0 Å². The molecule has 0 aliphatic heterocycles. The van der Waals surface area contributed by atoms with Crippen LogP contribution in [0.15, 0.2) is 42.5 Å². The van der Waals surface area contributed by atoms with Crippen LogP contribution >= 0.6 is 0 Å². The summed E-state index contributed by atoms with van der Waals surface area (Å²) in [7, 11) is 0. The molecule has 0 N–H and O–H groups in total. The van der Waals surface area contributed by atoms with Crippen molar-refractivity contribution in [2.75, 3.05) is 6.61 Å². The molecule has 0 aliphatic rings. The molecule has 3 nitrogen and oxygen atoms in total. The normalized spacial score (nSPS) is 10.4. The molecule has 1 aromatic carbocycles. The van der Waals surface area contributed by atoms with Crippen molar-refractivity contribution in [3.8, 4) is 0 Å². The van der Waals surface area contributed by atoms with E-state index >= 15 is 0 Å². The summed E-state index contributed by atoms with van der Waals surface area (Å²) in [6.07, 6.45) is 4.74. The lowest BCUT2D eigenvalue weighted by Gasteiger charge is -1.98. The molecule has 0 heterocycles. The van der Waals surface area contributed by atoms with Crippen LogP contribution in [0.5, 0.6) is 0 Å². The average Bonchev–Trinajstić information content (AvgIpc) is 2.34. The molecule has 0 unspecified atom stereocenters. The van der Waals surface area contributed by atoms with E-state index in [1.807, 2.05) is 36.4 Å². The van der Waals surface area contributed by atoms with Gasteiger partial charge in [0.1, 0.15) is 6.61 Å². The number of Topliss-reactive ketones (excluding diaryl/α,β-unsaturated/α-hetero) is 1. The number of rotatable bonds is 6. The van der Waals surface area contributed by atoms with Crippen LogP contribution in [0.1, 0.15) is 30.1 Å². The molecule has 0 bridgehead atoms. The minimum atomic E-state index is -0.296. The molecular formula is C14H16O3. The number of hydrogen-bond acceptors (Lipinski definition) is 3. The predicted octanol–water partition coefficient (Wildman–Crippen LogP) is 2.77. The van der Waals surface area contributed by atoms with Gasteiger partial charge in [-0.2, -0.15) is 0 Å². The van der Waals surface area contributed by atoms with Crippen LogP contribution in [-0.2, 0) is 9.53 Å². The Morgan fingerprint density at radius 1 is 1.18 bits per heavy atom. The van der Waals surface area contributed by atoms with Gasteiger partial charge >= 0.3 is 5.97 Å². The first-order valence-corrected chi connectivity index (χ1v) is 5.57. The van der Waals surface area contributed by atoms with Crippen LogP contribution in [-0.4, -0.2) is 18.4 Å². The Kier molecular flexibility index (Phi) is 5.72. The van der Waals surface area contributed by atoms with Crippen LogP contribution < -0.4 is 0 Å². The second-order valence-corrected chi connectivity index (χ2v) is 3.60. The fourth-order valence-electron chi connectivity index (χ4n) is 1.33. The van der Waals surface area contributed by atoms with Crippen molar-refractivity contribution in [3.05, 3.63) is 48.0 Å². The molecule has 0 aliphatic carbocycles. The topological polar surface area (TPSA) is 43.4 Å². The van der Waals surface area contributed by atoms with Gasteiger partial charge < -0.3 is 4.74 Å². The molecule has 0 aromatic heterocycles. The smallest absolute Gasteiger partial charge is 0.302 e. The molecule has 0 radical (unpaired) electrons. The summed E-state index contributed by atoms with van der Waals surface area (Å²) in [5.74, 6) is -0.169. The number of esters is 1. The van der Waals surface area contributed by atoms with Crippen molar-refractivity contribution < 1.29 is 14.3 Å².